The minimum Gasteiger partial charge on any atom is -0.348 e. The molecular formula is C13H19Cl2FN2O. The molecule has 0 aliphatic rings. The zero-order valence-electron chi connectivity index (χ0n) is 11.0. The third kappa shape index (κ3) is 5.35. The largest absolute Gasteiger partial charge is 0.348 e. The van der Waals surface area contributed by atoms with Crippen LogP contribution >= 0.6 is 24.0 Å². The molecule has 1 aromatic rings. The van der Waals surface area contributed by atoms with Crippen molar-refractivity contribution in [3.63, 3.8) is 0 Å². The third-order valence-electron chi connectivity index (χ3n) is 2.74. The number of nitrogens with one attached hydrogen (secondary N) is 1. The highest BCUT2D eigenvalue weighted by Gasteiger charge is 2.16. The molecule has 19 heavy (non-hydrogen) atoms. The van der Waals surface area contributed by atoms with Gasteiger partial charge >= 0.3 is 0 Å². The number of nitrogens with two attached hydrogens (primary N) is 1. The van der Waals surface area contributed by atoms with Crippen LogP contribution in [-0.2, 0) is 4.79 Å². The summed E-state index contributed by atoms with van der Waals surface area (Å²) in [6, 6.07) is 3.63. The number of hydrogen-bond acceptors (Lipinski definition) is 2. The van der Waals surface area contributed by atoms with Gasteiger partial charge in [-0.25, -0.2) is 4.39 Å². The highest BCUT2D eigenvalue weighted by molar-refractivity contribution is 6.30. The molecule has 0 aromatic heterocycles. The van der Waals surface area contributed by atoms with Crippen LogP contribution in [0, 0.1) is 5.82 Å². The molecule has 2 unspecified atom stereocenters. The summed E-state index contributed by atoms with van der Waals surface area (Å²) >= 11 is 5.69. The van der Waals surface area contributed by atoms with Crippen LogP contribution in [0.25, 0.3) is 0 Å². The predicted molar refractivity (Wildman–Crippen MR) is 78.1 cm³/mol. The Hall–Kier alpha value is -0.840. The molecular weight excluding hydrogens is 290 g/mol. The molecule has 1 amide bonds. The molecule has 1 rings (SSSR count). The van der Waals surface area contributed by atoms with E-state index in [0.29, 0.717) is 6.42 Å². The van der Waals surface area contributed by atoms with Gasteiger partial charge in [0.2, 0.25) is 5.91 Å². The Bertz CT molecular complexity index is 429. The molecule has 0 heterocycles. The van der Waals surface area contributed by atoms with Gasteiger partial charge in [0, 0.05) is 0 Å². The highest BCUT2D eigenvalue weighted by Crippen LogP contribution is 2.20. The van der Waals surface area contributed by atoms with E-state index in [1.165, 1.54) is 12.1 Å². The van der Waals surface area contributed by atoms with Crippen molar-refractivity contribution in [2.75, 3.05) is 0 Å². The van der Waals surface area contributed by atoms with Gasteiger partial charge in [0.1, 0.15) is 5.82 Å². The summed E-state index contributed by atoms with van der Waals surface area (Å²) in [6.45, 7) is 3.77. The number of benzene rings is 1. The Balaban J connectivity index is 0.00000324. The maximum absolute atomic E-state index is 13.0. The summed E-state index contributed by atoms with van der Waals surface area (Å²) in [5, 5.41) is 2.83. The van der Waals surface area contributed by atoms with E-state index >= 15 is 0 Å². The van der Waals surface area contributed by atoms with Crippen LogP contribution in [0.1, 0.15) is 38.3 Å². The summed E-state index contributed by atoms with van der Waals surface area (Å²) < 4.78 is 13.0. The van der Waals surface area contributed by atoms with Crippen LogP contribution in [0.15, 0.2) is 18.2 Å². The maximum atomic E-state index is 13.0. The molecule has 0 radical (unpaired) electrons. The van der Waals surface area contributed by atoms with Crippen molar-refractivity contribution in [1.29, 1.82) is 0 Å². The second kappa shape index (κ2) is 8.35. The molecule has 0 spiro atoms. The summed E-state index contributed by atoms with van der Waals surface area (Å²) in [6.07, 6.45) is 1.49. The molecule has 0 saturated heterocycles. The molecule has 3 N–H and O–H groups in total. The number of rotatable bonds is 5. The monoisotopic (exact) mass is 308 g/mol. The molecule has 2 atom stereocenters. The lowest BCUT2D eigenvalue weighted by Gasteiger charge is -2.17. The zero-order chi connectivity index (χ0) is 13.7. The Kier molecular flexibility index (Phi) is 7.99. The van der Waals surface area contributed by atoms with Crippen molar-refractivity contribution in [2.45, 2.75) is 38.8 Å². The van der Waals surface area contributed by atoms with Crippen molar-refractivity contribution < 1.29 is 9.18 Å². The predicted octanol–water partition coefficient (Wildman–Crippen LogP) is 3.21. The number of amides is 1. The Labute approximate surface area is 124 Å². The number of carbonyl (C=O) groups excluding carboxylic acids is 1. The minimum atomic E-state index is -0.506. The van der Waals surface area contributed by atoms with E-state index in [4.69, 9.17) is 17.3 Å². The topological polar surface area (TPSA) is 55.1 Å². The van der Waals surface area contributed by atoms with Gasteiger partial charge in [-0.3, -0.25) is 4.79 Å². The fourth-order valence-corrected chi connectivity index (χ4v) is 1.82. The fourth-order valence-electron chi connectivity index (χ4n) is 1.63. The van der Waals surface area contributed by atoms with Crippen molar-refractivity contribution >= 4 is 29.9 Å². The van der Waals surface area contributed by atoms with Crippen LogP contribution in [0.3, 0.4) is 0 Å². The fraction of sp³-hybridized carbons (Fsp3) is 0.462. The van der Waals surface area contributed by atoms with Gasteiger partial charge in [-0.15, -0.1) is 12.4 Å². The van der Waals surface area contributed by atoms with E-state index in [1.54, 1.807) is 13.0 Å². The summed E-state index contributed by atoms with van der Waals surface area (Å²) in [5.74, 6) is -0.675. The molecule has 6 heteroatoms. The first-order chi connectivity index (χ1) is 8.45. The molecule has 0 saturated carbocycles. The molecule has 3 nitrogen and oxygen atoms in total. The van der Waals surface area contributed by atoms with Crippen LogP contribution in [0.5, 0.6) is 0 Å². The lowest BCUT2D eigenvalue weighted by Crippen LogP contribution is -2.41. The normalized spacial score (nSPS) is 13.3. The van der Waals surface area contributed by atoms with Gasteiger partial charge in [-0.1, -0.05) is 31.0 Å². The first-order valence-corrected chi connectivity index (χ1v) is 6.34. The van der Waals surface area contributed by atoms with Crippen LogP contribution in [0.4, 0.5) is 4.39 Å². The Morgan fingerprint density at radius 3 is 2.68 bits per heavy atom. The van der Waals surface area contributed by atoms with Crippen LogP contribution in [0.2, 0.25) is 5.02 Å². The third-order valence-corrected chi connectivity index (χ3v) is 3.03. The van der Waals surface area contributed by atoms with Gasteiger partial charge < -0.3 is 11.1 Å². The number of hydrogen-bond donors (Lipinski definition) is 2. The average Bonchev–Trinajstić information content (AvgIpc) is 2.32. The standard InChI is InChI=1S/C13H18ClFN2O.ClH/c1-3-4-12(16)13(18)17-8(2)9-5-6-11(15)10(14)7-9;/h5-8,12H,3-4,16H2,1-2H3,(H,17,18);1H. The van der Waals surface area contributed by atoms with Crippen LogP contribution in [-0.4, -0.2) is 11.9 Å². The summed E-state index contributed by atoms with van der Waals surface area (Å²) in [4.78, 5) is 11.7. The minimum absolute atomic E-state index is 0. The van der Waals surface area contributed by atoms with Crippen molar-refractivity contribution in [3.05, 3.63) is 34.6 Å². The van der Waals surface area contributed by atoms with E-state index in [2.05, 4.69) is 5.32 Å². The second-order valence-corrected chi connectivity index (χ2v) is 4.71. The molecule has 108 valence electrons. The Morgan fingerprint density at radius 2 is 2.16 bits per heavy atom. The van der Waals surface area contributed by atoms with Gasteiger partial charge in [-0.05, 0) is 31.0 Å². The van der Waals surface area contributed by atoms with Gasteiger partial charge in [0.15, 0.2) is 0 Å². The summed E-state index contributed by atoms with van der Waals surface area (Å²) in [5.41, 5.74) is 6.46. The zero-order valence-corrected chi connectivity index (χ0v) is 12.5. The smallest absolute Gasteiger partial charge is 0.237 e. The van der Waals surface area contributed by atoms with Gasteiger partial charge in [0.05, 0.1) is 17.1 Å². The van der Waals surface area contributed by atoms with Gasteiger partial charge in [-0.2, -0.15) is 0 Å². The molecule has 0 fully saturated rings. The lowest BCUT2D eigenvalue weighted by molar-refractivity contribution is -0.123. The number of halogens is 3. The van der Waals surface area contributed by atoms with Gasteiger partial charge in [0.25, 0.3) is 0 Å². The van der Waals surface area contributed by atoms with Crippen molar-refractivity contribution in [2.24, 2.45) is 5.73 Å². The van der Waals surface area contributed by atoms with E-state index < -0.39 is 11.9 Å². The quantitative estimate of drug-likeness (QED) is 0.877. The molecule has 0 bridgehead atoms. The summed E-state index contributed by atoms with van der Waals surface area (Å²) in [7, 11) is 0. The number of carbonyl (C=O) groups is 1. The van der Waals surface area contributed by atoms with E-state index in [0.717, 1.165) is 12.0 Å². The molecule has 1 aromatic carbocycles. The molecule has 0 aliphatic carbocycles. The highest BCUT2D eigenvalue weighted by atomic mass is 35.5. The molecule has 0 aliphatic heterocycles. The first kappa shape index (κ1) is 18.2. The first-order valence-electron chi connectivity index (χ1n) is 5.96. The lowest BCUT2D eigenvalue weighted by atomic mass is 10.1. The van der Waals surface area contributed by atoms with E-state index in [9.17, 15) is 9.18 Å². The van der Waals surface area contributed by atoms with Crippen molar-refractivity contribution in [1.82, 2.24) is 5.32 Å². The van der Waals surface area contributed by atoms with E-state index in [1.807, 2.05) is 6.92 Å². The average molecular weight is 309 g/mol. The van der Waals surface area contributed by atoms with Crippen molar-refractivity contribution in [3.8, 4) is 0 Å². The van der Waals surface area contributed by atoms with Crippen LogP contribution < -0.4 is 11.1 Å². The maximum Gasteiger partial charge on any atom is 0.237 e. The van der Waals surface area contributed by atoms with E-state index in [-0.39, 0.29) is 29.4 Å². The SMILES string of the molecule is CCCC(N)C(=O)NC(C)c1ccc(F)c(Cl)c1.Cl. The Morgan fingerprint density at radius 1 is 1.53 bits per heavy atom. The second-order valence-electron chi connectivity index (χ2n) is 4.30.